The molecule has 1 aliphatic rings. The highest BCUT2D eigenvalue weighted by molar-refractivity contribution is 5.77. The number of carbonyl (C=O) groups excluding carboxylic acids is 4. The number of hydrogen-bond donors (Lipinski definition) is 1. The molecule has 1 heterocycles. The van der Waals surface area contributed by atoms with Crippen molar-refractivity contribution in [1.29, 1.82) is 0 Å². The van der Waals surface area contributed by atoms with E-state index in [4.69, 9.17) is 23.7 Å². The number of aliphatic hydroxyl groups is 1. The number of nitro groups is 1. The lowest BCUT2D eigenvalue weighted by atomic mass is 9.97. The van der Waals surface area contributed by atoms with E-state index in [2.05, 4.69) is 4.74 Å². The molecule has 0 spiro atoms. The maximum atomic E-state index is 12.4. The lowest BCUT2D eigenvalue weighted by Crippen LogP contribution is -2.64. The van der Waals surface area contributed by atoms with Crippen LogP contribution in [0.25, 0.3) is 0 Å². The molecule has 5 atom stereocenters. The Hall–Kier alpha value is -3.78. The van der Waals surface area contributed by atoms with Gasteiger partial charge in [0.1, 0.15) is 0 Å². The Balaban J connectivity index is 2.58. The number of rotatable bonds is 8. The van der Waals surface area contributed by atoms with E-state index in [1.54, 1.807) is 0 Å². The molecular formula is C20H23NO13. The van der Waals surface area contributed by atoms with E-state index in [1.807, 2.05) is 0 Å². The molecule has 186 valence electrons. The van der Waals surface area contributed by atoms with Crippen LogP contribution >= 0.6 is 0 Å². The van der Waals surface area contributed by atoms with Crippen LogP contribution in [0.2, 0.25) is 0 Å². The molecule has 0 aliphatic carbocycles. The largest absolute Gasteiger partial charge is 0.467 e. The summed E-state index contributed by atoms with van der Waals surface area (Å²) in [6.07, 6.45) is -8.30. The maximum Gasteiger partial charge on any atom is 0.339 e. The zero-order chi connectivity index (χ0) is 25.6. The van der Waals surface area contributed by atoms with E-state index in [0.717, 1.165) is 40.0 Å². The van der Waals surface area contributed by atoms with E-state index in [9.17, 15) is 34.4 Å². The minimum Gasteiger partial charge on any atom is -0.467 e. The van der Waals surface area contributed by atoms with Gasteiger partial charge in [0, 0.05) is 26.8 Å². The molecule has 0 radical (unpaired) electrons. The number of esters is 4. The number of benzene rings is 1. The third-order valence-electron chi connectivity index (χ3n) is 4.48. The van der Waals surface area contributed by atoms with E-state index < -0.39 is 71.8 Å². The molecule has 3 unspecified atom stereocenters. The summed E-state index contributed by atoms with van der Waals surface area (Å²) in [6.45, 7) is 2.58. The number of nitrogens with zero attached hydrogens (tertiary/aromatic N) is 1. The van der Waals surface area contributed by atoms with Crippen molar-refractivity contribution < 1.29 is 57.6 Å². The predicted molar refractivity (Wildman–Crippen MR) is 107 cm³/mol. The van der Waals surface area contributed by atoms with Gasteiger partial charge in [0.05, 0.1) is 18.6 Å². The first-order valence-electron chi connectivity index (χ1n) is 9.78. The number of ether oxygens (including phenoxy) is 6. The van der Waals surface area contributed by atoms with Crippen molar-refractivity contribution >= 4 is 29.6 Å². The van der Waals surface area contributed by atoms with Crippen LogP contribution in [0.3, 0.4) is 0 Å². The molecule has 0 aromatic heterocycles. The highest BCUT2D eigenvalue weighted by Gasteiger charge is 2.56. The van der Waals surface area contributed by atoms with Crippen molar-refractivity contribution in [3.05, 3.63) is 33.9 Å². The Bertz CT molecular complexity index is 962. The maximum absolute atomic E-state index is 12.4. The normalized spacial score (nSPS) is 23.9. The quantitative estimate of drug-likeness (QED) is 0.227. The molecule has 1 fully saturated rings. The zero-order valence-corrected chi connectivity index (χ0v) is 18.6. The fraction of sp³-hybridized carbons (Fsp3) is 0.500. The molecule has 1 saturated heterocycles. The average Bonchev–Trinajstić information content (AvgIpc) is 2.76. The Morgan fingerprint density at radius 3 is 2.06 bits per heavy atom. The Kier molecular flexibility index (Phi) is 8.86. The fourth-order valence-electron chi connectivity index (χ4n) is 3.20. The summed E-state index contributed by atoms with van der Waals surface area (Å²) in [5.41, 5.74) is -0.363. The third-order valence-corrected chi connectivity index (χ3v) is 4.48. The van der Waals surface area contributed by atoms with Crippen molar-refractivity contribution in [3.63, 3.8) is 0 Å². The van der Waals surface area contributed by atoms with Crippen molar-refractivity contribution in [1.82, 2.24) is 0 Å². The molecule has 14 heteroatoms. The van der Waals surface area contributed by atoms with Crippen LogP contribution in [0.4, 0.5) is 5.69 Å². The van der Waals surface area contributed by atoms with Gasteiger partial charge in [-0.3, -0.25) is 24.5 Å². The highest BCUT2D eigenvalue weighted by atomic mass is 16.7. The van der Waals surface area contributed by atoms with Gasteiger partial charge in [0.2, 0.25) is 12.4 Å². The summed E-state index contributed by atoms with van der Waals surface area (Å²) >= 11 is 0. The van der Waals surface area contributed by atoms with Gasteiger partial charge in [0.15, 0.2) is 24.1 Å². The summed E-state index contributed by atoms with van der Waals surface area (Å²) < 4.78 is 31.3. The standard InChI is InChI=1S/C20H23NO13/c1-9(23)30-15-16(31-10(2)24)18(32-11(3)25)20(34-17(15)19(26)29-4)33-14-6-5-12(8-22)7-13(14)21(27)28/h5-7,15-18,20,22H,8H2,1-4H3/t15-,16?,17?,18?,20+/m0/s1. The van der Waals surface area contributed by atoms with Crippen molar-refractivity contribution in [3.8, 4) is 5.75 Å². The Morgan fingerprint density at radius 2 is 1.56 bits per heavy atom. The van der Waals surface area contributed by atoms with Crippen LogP contribution in [-0.4, -0.2) is 71.7 Å². The lowest BCUT2D eigenvalue weighted by Gasteiger charge is -2.42. The van der Waals surface area contributed by atoms with Gasteiger partial charge in [-0.1, -0.05) is 6.07 Å². The number of nitro benzene ring substituents is 1. The number of hydrogen-bond acceptors (Lipinski definition) is 13. The lowest BCUT2D eigenvalue weighted by molar-refractivity contribution is -0.387. The van der Waals surface area contributed by atoms with Gasteiger partial charge in [-0.25, -0.2) is 4.79 Å². The molecule has 1 N–H and O–H groups in total. The Labute approximate surface area is 192 Å². The van der Waals surface area contributed by atoms with Crippen LogP contribution in [0.15, 0.2) is 18.2 Å². The van der Waals surface area contributed by atoms with Crippen LogP contribution in [-0.2, 0) is 49.5 Å². The number of aliphatic hydroxyl groups excluding tert-OH is 1. The summed E-state index contributed by atoms with van der Waals surface area (Å²) in [4.78, 5) is 58.4. The monoisotopic (exact) mass is 485 g/mol. The van der Waals surface area contributed by atoms with Gasteiger partial charge < -0.3 is 33.5 Å². The van der Waals surface area contributed by atoms with Crippen LogP contribution in [0.1, 0.15) is 26.3 Å². The van der Waals surface area contributed by atoms with Crippen molar-refractivity contribution in [2.45, 2.75) is 58.1 Å². The summed E-state index contributed by atoms with van der Waals surface area (Å²) in [6, 6.07) is 3.53. The number of methoxy groups -OCH3 is 1. The third kappa shape index (κ3) is 6.39. The first-order chi connectivity index (χ1) is 16.0. The molecule has 0 amide bonds. The van der Waals surface area contributed by atoms with Gasteiger partial charge in [0.25, 0.3) is 0 Å². The summed E-state index contributed by atoms with van der Waals surface area (Å²) in [5.74, 6) is -4.08. The SMILES string of the molecule is COC(=O)C1O[C@@H](Oc2ccc(CO)cc2[N+](=O)[O-])C(OC(C)=O)C(OC(C)=O)[C@@H]1OC(C)=O. The fourth-order valence-corrected chi connectivity index (χ4v) is 3.20. The summed E-state index contributed by atoms with van der Waals surface area (Å²) in [5, 5.41) is 20.8. The first-order valence-corrected chi connectivity index (χ1v) is 9.78. The minimum absolute atomic E-state index is 0.209. The second-order valence-electron chi connectivity index (χ2n) is 7.01. The molecular weight excluding hydrogens is 462 g/mol. The minimum atomic E-state index is -1.75. The predicted octanol–water partition coefficient (Wildman–Crippen LogP) is 0.159. The topological polar surface area (TPSA) is 187 Å². The van der Waals surface area contributed by atoms with Crippen LogP contribution in [0, 0.1) is 10.1 Å². The first kappa shape index (κ1) is 26.5. The van der Waals surface area contributed by atoms with E-state index in [-0.39, 0.29) is 11.3 Å². The second kappa shape index (κ2) is 11.4. The van der Waals surface area contributed by atoms with E-state index in [1.165, 1.54) is 6.07 Å². The molecule has 1 aromatic rings. The molecule has 0 saturated carbocycles. The smallest absolute Gasteiger partial charge is 0.339 e. The molecule has 1 aromatic carbocycles. The molecule has 34 heavy (non-hydrogen) atoms. The highest BCUT2D eigenvalue weighted by Crippen LogP contribution is 2.35. The van der Waals surface area contributed by atoms with E-state index >= 15 is 0 Å². The van der Waals surface area contributed by atoms with E-state index in [0.29, 0.717) is 0 Å². The second-order valence-corrected chi connectivity index (χ2v) is 7.01. The zero-order valence-electron chi connectivity index (χ0n) is 18.6. The van der Waals surface area contributed by atoms with Gasteiger partial charge >= 0.3 is 29.6 Å². The molecule has 2 rings (SSSR count). The molecule has 1 aliphatic heterocycles. The average molecular weight is 485 g/mol. The van der Waals surface area contributed by atoms with Gasteiger partial charge in [-0.15, -0.1) is 0 Å². The Morgan fingerprint density at radius 1 is 1.00 bits per heavy atom. The summed E-state index contributed by atoms with van der Waals surface area (Å²) in [7, 11) is 1.02. The van der Waals surface area contributed by atoms with Crippen molar-refractivity contribution in [2.24, 2.45) is 0 Å². The van der Waals surface area contributed by atoms with Crippen LogP contribution < -0.4 is 4.74 Å². The molecule has 14 nitrogen and oxygen atoms in total. The van der Waals surface area contributed by atoms with Gasteiger partial charge in [-0.05, 0) is 11.6 Å². The van der Waals surface area contributed by atoms with Gasteiger partial charge in [-0.2, -0.15) is 0 Å². The molecule has 0 bridgehead atoms. The van der Waals surface area contributed by atoms with Crippen LogP contribution in [0.5, 0.6) is 5.75 Å². The van der Waals surface area contributed by atoms with Crippen molar-refractivity contribution in [2.75, 3.05) is 7.11 Å². The number of carbonyl (C=O) groups is 4.